The number of likely N-dealkylation sites (N-methyl/N-ethyl adjacent to an activating group) is 1. The monoisotopic (exact) mass is 242 g/mol. The summed E-state index contributed by atoms with van der Waals surface area (Å²) in [5.74, 6) is 1.57. The predicted octanol–water partition coefficient (Wildman–Crippen LogP) is 1.48. The second-order valence-corrected chi connectivity index (χ2v) is 6.05. The smallest absolute Gasteiger partial charge is 0.235 e. The van der Waals surface area contributed by atoms with Crippen LogP contribution in [0.1, 0.15) is 32.1 Å². The molecule has 0 aromatic heterocycles. The van der Waals surface area contributed by atoms with Gasteiger partial charge >= 0.3 is 0 Å². The molecule has 2 aliphatic rings. The van der Waals surface area contributed by atoms with Crippen molar-refractivity contribution < 1.29 is 4.79 Å². The number of likely N-dealkylation sites (tertiary alicyclic amines) is 1. The minimum absolute atomic E-state index is 0.262. The Morgan fingerprint density at radius 2 is 2.25 bits per heavy atom. The number of thioether (sulfide) groups is 1. The maximum atomic E-state index is 12.4. The van der Waals surface area contributed by atoms with Crippen molar-refractivity contribution in [2.45, 2.75) is 43.4 Å². The minimum Gasteiger partial charge on any atom is -0.337 e. The lowest BCUT2D eigenvalue weighted by atomic mass is 10.0. The van der Waals surface area contributed by atoms with Gasteiger partial charge in [-0.05, 0) is 44.9 Å². The van der Waals surface area contributed by atoms with Gasteiger partial charge in [-0.15, -0.1) is 11.8 Å². The zero-order valence-electron chi connectivity index (χ0n) is 10.1. The third-order valence-corrected chi connectivity index (χ3v) is 4.92. The molecule has 0 spiro atoms. The summed E-state index contributed by atoms with van der Waals surface area (Å²) in [5.41, 5.74) is 0. The van der Waals surface area contributed by atoms with Crippen LogP contribution in [0.2, 0.25) is 0 Å². The van der Waals surface area contributed by atoms with E-state index in [1.165, 1.54) is 31.4 Å². The van der Waals surface area contributed by atoms with Crippen LogP contribution in [0, 0.1) is 0 Å². The molecule has 2 fully saturated rings. The molecule has 4 heteroatoms. The van der Waals surface area contributed by atoms with Gasteiger partial charge in [0, 0.05) is 19.1 Å². The number of nitrogens with one attached hydrogen (secondary N) is 1. The lowest BCUT2D eigenvalue weighted by Crippen LogP contribution is -2.50. The fraction of sp³-hybridized carbons (Fsp3) is 0.917. The van der Waals surface area contributed by atoms with E-state index in [2.05, 4.69) is 10.2 Å². The maximum absolute atomic E-state index is 12.4. The van der Waals surface area contributed by atoms with Crippen LogP contribution < -0.4 is 5.32 Å². The van der Waals surface area contributed by atoms with Gasteiger partial charge in [-0.25, -0.2) is 0 Å². The number of rotatable bonds is 3. The van der Waals surface area contributed by atoms with E-state index in [0.717, 1.165) is 19.5 Å². The Morgan fingerprint density at radius 3 is 2.94 bits per heavy atom. The van der Waals surface area contributed by atoms with Crippen molar-refractivity contribution in [3.8, 4) is 0 Å². The second kappa shape index (κ2) is 5.92. The summed E-state index contributed by atoms with van der Waals surface area (Å²) in [7, 11) is 1.97. The number of piperidine rings is 1. The molecule has 1 amide bonds. The first-order chi connectivity index (χ1) is 7.83. The molecule has 0 aromatic carbocycles. The Kier molecular flexibility index (Phi) is 4.53. The SMILES string of the molecule is CNCC1CCCCN1C(=O)C1CCCS1. The third-order valence-electron chi connectivity index (χ3n) is 3.56. The van der Waals surface area contributed by atoms with Gasteiger partial charge in [0.2, 0.25) is 5.91 Å². The molecule has 0 saturated carbocycles. The van der Waals surface area contributed by atoms with Crippen LogP contribution in [-0.2, 0) is 4.79 Å². The highest BCUT2D eigenvalue weighted by atomic mass is 32.2. The first-order valence-corrected chi connectivity index (χ1v) is 7.44. The summed E-state index contributed by atoms with van der Waals surface area (Å²) in [6.07, 6.45) is 5.93. The molecule has 3 nitrogen and oxygen atoms in total. The molecule has 0 radical (unpaired) electrons. The molecular weight excluding hydrogens is 220 g/mol. The van der Waals surface area contributed by atoms with Crippen LogP contribution in [-0.4, -0.2) is 48.0 Å². The number of nitrogens with zero attached hydrogens (tertiary/aromatic N) is 1. The van der Waals surface area contributed by atoms with Gasteiger partial charge < -0.3 is 10.2 Å². The summed E-state index contributed by atoms with van der Waals surface area (Å²) < 4.78 is 0. The molecule has 2 aliphatic heterocycles. The minimum atomic E-state index is 0.262. The average molecular weight is 242 g/mol. The lowest BCUT2D eigenvalue weighted by Gasteiger charge is -2.37. The van der Waals surface area contributed by atoms with Crippen LogP contribution in [0.15, 0.2) is 0 Å². The molecule has 1 N–H and O–H groups in total. The molecule has 16 heavy (non-hydrogen) atoms. The van der Waals surface area contributed by atoms with Crippen molar-refractivity contribution in [1.82, 2.24) is 10.2 Å². The van der Waals surface area contributed by atoms with E-state index in [1.807, 2.05) is 18.8 Å². The van der Waals surface area contributed by atoms with Crippen LogP contribution in [0.4, 0.5) is 0 Å². The van der Waals surface area contributed by atoms with Gasteiger partial charge in [0.15, 0.2) is 0 Å². The van der Waals surface area contributed by atoms with E-state index < -0.39 is 0 Å². The first-order valence-electron chi connectivity index (χ1n) is 6.39. The second-order valence-electron chi connectivity index (χ2n) is 4.74. The zero-order chi connectivity index (χ0) is 11.4. The Morgan fingerprint density at radius 1 is 1.38 bits per heavy atom. The average Bonchev–Trinajstić information content (AvgIpc) is 2.83. The number of hydrogen-bond acceptors (Lipinski definition) is 3. The van der Waals surface area contributed by atoms with Crippen LogP contribution >= 0.6 is 11.8 Å². The van der Waals surface area contributed by atoms with Crippen molar-refractivity contribution in [1.29, 1.82) is 0 Å². The summed E-state index contributed by atoms with van der Waals surface area (Å²) in [5, 5.41) is 3.47. The number of carbonyl (C=O) groups is 1. The van der Waals surface area contributed by atoms with Crippen molar-refractivity contribution >= 4 is 17.7 Å². The summed E-state index contributed by atoms with van der Waals surface area (Å²) in [6.45, 7) is 1.92. The van der Waals surface area contributed by atoms with Crippen LogP contribution in [0.25, 0.3) is 0 Å². The van der Waals surface area contributed by atoms with Crippen molar-refractivity contribution in [2.24, 2.45) is 0 Å². The molecule has 0 aliphatic carbocycles. The van der Waals surface area contributed by atoms with Gasteiger partial charge in [0.1, 0.15) is 0 Å². The van der Waals surface area contributed by atoms with Crippen LogP contribution in [0.3, 0.4) is 0 Å². The predicted molar refractivity (Wildman–Crippen MR) is 68.8 cm³/mol. The van der Waals surface area contributed by atoms with Crippen molar-refractivity contribution in [3.05, 3.63) is 0 Å². The Balaban J connectivity index is 1.95. The maximum Gasteiger partial charge on any atom is 0.235 e. The highest BCUT2D eigenvalue weighted by molar-refractivity contribution is 8.00. The highest BCUT2D eigenvalue weighted by Gasteiger charge is 2.32. The topological polar surface area (TPSA) is 32.3 Å². The Hall–Kier alpha value is -0.220. The standard InChI is InChI=1S/C12H22N2OS/c1-13-9-10-5-2-3-7-14(10)12(15)11-6-4-8-16-11/h10-11,13H,2-9H2,1H3. The highest BCUT2D eigenvalue weighted by Crippen LogP contribution is 2.29. The number of hydrogen-bond donors (Lipinski definition) is 1. The molecule has 2 rings (SSSR count). The van der Waals surface area contributed by atoms with Crippen molar-refractivity contribution in [2.75, 3.05) is 25.9 Å². The van der Waals surface area contributed by atoms with Gasteiger partial charge in [-0.1, -0.05) is 0 Å². The number of amides is 1. The largest absolute Gasteiger partial charge is 0.337 e. The zero-order valence-corrected chi connectivity index (χ0v) is 10.9. The fourth-order valence-electron chi connectivity index (χ4n) is 2.70. The summed E-state index contributed by atoms with van der Waals surface area (Å²) in [4.78, 5) is 14.5. The van der Waals surface area contributed by atoms with Gasteiger partial charge in [-0.3, -0.25) is 4.79 Å². The summed E-state index contributed by atoms with van der Waals surface area (Å²) >= 11 is 1.85. The van der Waals surface area contributed by atoms with E-state index in [4.69, 9.17) is 0 Å². The van der Waals surface area contributed by atoms with E-state index in [1.54, 1.807) is 0 Å². The molecule has 2 heterocycles. The molecule has 2 unspecified atom stereocenters. The molecule has 92 valence electrons. The molecule has 2 atom stereocenters. The molecule has 0 bridgehead atoms. The van der Waals surface area contributed by atoms with Gasteiger partial charge in [-0.2, -0.15) is 0 Å². The molecule has 0 aromatic rings. The van der Waals surface area contributed by atoms with E-state index in [-0.39, 0.29) is 5.25 Å². The number of carbonyl (C=O) groups excluding carboxylic acids is 1. The van der Waals surface area contributed by atoms with E-state index in [9.17, 15) is 4.79 Å². The van der Waals surface area contributed by atoms with Gasteiger partial charge in [0.05, 0.1) is 5.25 Å². The van der Waals surface area contributed by atoms with Crippen LogP contribution in [0.5, 0.6) is 0 Å². The first kappa shape index (κ1) is 12.2. The normalized spacial score (nSPS) is 30.7. The van der Waals surface area contributed by atoms with E-state index in [0.29, 0.717) is 11.9 Å². The van der Waals surface area contributed by atoms with Gasteiger partial charge in [0.25, 0.3) is 0 Å². The Labute approximate surface area is 102 Å². The fourth-order valence-corrected chi connectivity index (χ4v) is 3.93. The molecule has 2 saturated heterocycles. The van der Waals surface area contributed by atoms with Crippen molar-refractivity contribution in [3.63, 3.8) is 0 Å². The van der Waals surface area contributed by atoms with E-state index >= 15 is 0 Å². The molecular formula is C12H22N2OS. The quantitative estimate of drug-likeness (QED) is 0.813. The summed E-state index contributed by atoms with van der Waals surface area (Å²) in [6, 6.07) is 0.437. The third kappa shape index (κ3) is 2.72. The lowest BCUT2D eigenvalue weighted by molar-refractivity contribution is -0.134. The Bertz CT molecular complexity index is 239.